The molecule has 0 radical (unpaired) electrons. The maximum atomic E-state index is 12.1. The van der Waals surface area contributed by atoms with E-state index in [1.165, 1.54) is 0 Å². The van der Waals surface area contributed by atoms with E-state index in [4.69, 9.17) is 20.9 Å². The third kappa shape index (κ3) is 9.01. The Balaban J connectivity index is 1.25. The lowest BCUT2D eigenvalue weighted by Gasteiger charge is -2.08. The summed E-state index contributed by atoms with van der Waals surface area (Å²) in [6, 6.07) is 21.7. The number of nitrogen functional groups attached to an aromatic ring is 2. The van der Waals surface area contributed by atoms with E-state index in [1.54, 1.807) is 42.5 Å². The molecule has 6 nitrogen and oxygen atoms in total. The summed E-state index contributed by atoms with van der Waals surface area (Å²) in [6.45, 7) is 0.639. The van der Waals surface area contributed by atoms with Crippen molar-refractivity contribution in [3.05, 3.63) is 90.0 Å². The molecule has 0 saturated carbocycles. The molecule has 0 saturated heterocycles. The van der Waals surface area contributed by atoms with Gasteiger partial charge in [0.15, 0.2) is 11.5 Å². The van der Waals surface area contributed by atoms with Crippen LogP contribution in [-0.2, 0) is 4.79 Å². The fourth-order valence-electron chi connectivity index (χ4n) is 3.47. The van der Waals surface area contributed by atoms with Crippen molar-refractivity contribution in [2.24, 2.45) is 0 Å². The first-order valence-electron chi connectivity index (χ1n) is 11.9. The second-order valence-electron chi connectivity index (χ2n) is 8.27. The molecule has 6 heteroatoms. The van der Waals surface area contributed by atoms with Crippen molar-refractivity contribution >= 4 is 29.2 Å². The van der Waals surface area contributed by atoms with Crippen molar-refractivity contribution < 1.29 is 19.1 Å². The highest BCUT2D eigenvalue weighted by Gasteiger charge is 2.08. The minimum Gasteiger partial charge on any atom is -0.494 e. The number of hydrogen-bond acceptors (Lipinski definition) is 6. The SMILES string of the molecule is Nc1ccc(OC(=O)CCCCCCCOc2ccc(C=CC(=O)c3ccccc3)cc2)c(N)c1. The standard InChI is InChI=1S/C29H32N2O4/c30-24-15-19-28(26(31)21-24)35-29(33)11-7-2-1-3-8-20-34-25-16-12-22(13-17-25)14-18-27(32)23-9-5-4-6-10-23/h4-6,9-10,12-19,21H,1-3,7-8,11,20,30-31H2. The molecular weight excluding hydrogens is 440 g/mol. The van der Waals surface area contributed by atoms with Gasteiger partial charge in [-0.3, -0.25) is 9.59 Å². The highest BCUT2D eigenvalue weighted by Crippen LogP contribution is 2.24. The summed E-state index contributed by atoms with van der Waals surface area (Å²) < 4.78 is 11.1. The molecule has 0 amide bonds. The van der Waals surface area contributed by atoms with Crippen LogP contribution in [0, 0.1) is 0 Å². The summed E-state index contributed by atoms with van der Waals surface area (Å²) in [5.74, 6) is 0.856. The zero-order valence-electron chi connectivity index (χ0n) is 19.8. The van der Waals surface area contributed by atoms with Crippen LogP contribution in [0.2, 0.25) is 0 Å². The Hall–Kier alpha value is -4.06. The first kappa shape index (κ1) is 25.6. The third-order valence-corrected chi connectivity index (χ3v) is 5.42. The second kappa shape index (κ2) is 13.6. The van der Waals surface area contributed by atoms with Gasteiger partial charge in [0.1, 0.15) is 5.75 Å². The van der Waals surface area contributed by atoms with Crippen molar-refractivity contribution in [3.63, 3.8) is 0 Å². The van der Waals surface area contributed by atoms with Crippen molar-refractivity contribution in [3.8, 4) is 11.5 Å². The number of carbonyl (C=O) groups is 2. The quantitative estimate of drug-likeness (QED) is 0.0781. The molecule has 0 unspecified atom stereocenters. The van der Waals surface area contributed by atoms with Crippen molar-refractivity contribution in [1.29, 1.82) is 0 Å². The summed E-state index contributed by atoms with van der Waals surface area (Å²) in [6.07, 6.45) is 8.48. The first-order chi connectivity index (χ1) is 17.0. The molecular formula is C29H32N2O4. The minimum atomic E-state index is -0.285. The molecule has 0 heterocycles. The Kier molecular flexibility index (Phi) is 9.93. The number of carbonyl (C=O) groups excluding carboxylic acids is 2. The molecule has 4 N–H and O–H groups in total. The monoisotopic (exact) mass is 472 g/mol. The van der Waals surface area contributed by atoms with Gasteiger partial charge in [-0.05, 0) is 54.8 Å². The Morgan fingerprint density at radius 1 is 0.800 bits per heavy atom. The molecule has 3 aromatic carbocycles. The number of hydrogen-bond donors (Lipinski definition) is 2. The van der Waals surface area contributed by atoms with Gasteiger partial charge in [-0.15, -0.1) is 0 Å². The van der Waals surface area contributed by atoms with E-state index >= 15 is 0 Å². The van der Waals surface area contributed by atoms with Gasteiger partial charge in [0.25, 0.3) is 0 Å². The number of ether oxygens (including phenoxy) is 2. The third-order valence-electron chi connectivity index (χ3n) is 5.42. The van der Waals surface area contributed by atoms with Gasteiger partial charge in [0, 0.05) is 17.7 Å². The van der Waals surface area contributed by atoms with Gasteiger partial charge in [0.2, 0.25) is 0 Å². The molecule has 0 fully saturated rings. The summed E-state index contributed by atoms with van der Waals surface area (Å²) in [7, 11) is 0. The van der Waals surface area contributed by atoms with Gasteiger partial charge in [0.05, 0.1) is 12.3 Å². The molecule has 0 atom stereocenters. The zero-order valence-corrected chi connectivity index (χ0v) is 19.8. The Morgan fingerprint density at radius 3 is 2.26 bits per heavy atom. The molecule has 0 aliphatic rings. The van der Waals surface area contributed by atoms with Crippen LogP contribution in [0.1, 0.15) is 54.4 Å². The second-order valence-corrected chi connectivity index (χ2v) is 8.27. The number of esters is 1. The molecule has 35 heavy (non-hydrogen) atoms. The molecule has 182 valence electrons. The van der Waals surface area contributed by atoms with E-state index in [9.17, 15) is 9.59 Å². The zero-order chi connectivity index (χ0) is 24.9. The van der Waals surface area contributed by atoms with Crippen LogP contribution in [-0.4, -0.2) is 18.4 Å². The highest BCUT2D eigenvalue weighted by atomic mass is 16.5. The summed E-state index contributed by atoms with van der Waals surface area (Å²) in [5.41, 5.74) is 14.0. The van der Waals surface area contributed by atoms with Gasteiger partial charge < -0.3 is 20.9 Å². The number of nitrogens with two attached hydrogens (primary N) is 2. The van der Waals surface area contributed by atoms with E-state index < -0.39 is 0 Å². The Bertz CT molecular complexity index is 1130. The van der Waals surface area contributed by atoms with Crippen molar-refractivity contribution in [2.45, 2.75) is 38.5 Å². The number of rotatable bonds is 13. The van der Waals surface area contributed by atoms with Gasteiger partial charge >= 0.3 is 5.97 Å². The van der Waals surface area contributed by atoms with Crippen molar-refractivity contribution in [2.75, 3.05) is 18.1 Å². The predicted octanol–water partition coefficient (Wildman–Crippen LogP) is 6.07. The molecule has 3 aromatic rings. The average molecular weight is 473 g/mol. The van der Waals surface area contributed by atoms with Crippen LogP contribution in [0.25, 0.3) is 6.08 Å². The Labute approximate surface area is 206 Å². The van der Waals surface area contributed by atoms with Gasteiger partial charge in [-0.25, -0.2) is 0 Å². The lowest BCUT2D eigenvalue weighted by atomic mass is 10.1. The van der Waals surface area contributed by atoms with Crippen LogP contribution in [0.5, 0.6) is 11.5 Å². The van der Waals surface area contributed by atoms with Crippen LogP contribution in [0.15, 0.2) is 78.9 Å². The van der Waals surface area contributed by atoms with Gasteiger partial charge in [-0.1, -0.05) is 67.8 Å². The fourth-order valence-corrected chi connectivity index (χ4v) is 3.47. The molecule has 0 aliphatic carbocycles. The number of benzene rings is 3. The fraction of sp³-hybridized carbons (Fsp3) is 0.241. The Morgan fingerprint density at radius 2 is 1.51 bits per heavy atom. The number of anilines is 2. The van der Waals surface area contributed by atoms with Gasteiger partial charge in [-0.2, -0.15) is 0 Å². The molecule has 0 aliphatic heterocycles. The largest absolute Gasteiger partial charge is 0.494 e. The van der Waals surface area contributed by atoms with Crippen LogP contribution < -0.4 is 20.9 Å². The van der Waals surface area contributed by atoms with Crippen LogP contribution >= 0.6 is 0 Å². The van der Waals surface area contributed by atoms with E-state index in [0.717, 1.165) is 43.4 Å². The number of ketones is 1. The smallest absolute Gasteiger partial charge is 0.311 e. The van der Waals surface area contributed by atoms with E-state index in [0.29, 0.717) is 35.7 Å². The average Bonchev–Trinajstić information content (AvgIpc) is 2.87. The maximum Gasteiger partial charge on any atom is 0.311 e. The first-order valence-corrected chi connectivity index (χ1v) is 11.9. The van der Waals surface area contributed by atoms with Crippen LogP contribution in [0.4, 0.5) is 11.4 Å². The molecule has 0 aromatic heterocycles. The topological polar surface area (TPSA) is 105 Å². The van der Waals surface area contributed by atoms with E-state index in [2.05, 4.69) is 0 Å². The maximum absolute atomic E-state index is 12.1. The molecule has 3 rings (SSSR count). The number of allylic oxidation sites excluding steroid dienone is 1. The van der Waals surface area contributed by atoms with E-state index in [-0.39, 0.29) is 11.8 Å². The lowest BCUT2D eigenvalue weighted by Crippen LogP contribution is -2.09. The summed E-state index contributed by atoms with van der Waals surface area (Å²) >= 11 is 0. The summed E-state index contributed by atoms with van der Waals surface area (Å²) in [4.78, 5) is 24.1. The lowest BCUT2D eigenvalue weighted by molar-refractivity contribution is -0.134. The normalized spacial score (nSPS) is 10.9. The summed E-state index contributed by atoms with van der Waals surface area (Å²) in [5, 5.41) is 0. The van der Waals surface area contributed by atoms with E-state index in [1.807, 2.05) is 42.5 Å². The number of unbranched alkanes of at least 4 members (excludes halogenated alkanes) is 4. The highest BCUT2D eigenvalue weighted by molar-refractivity contribution is 6.06. The van der Waals surface area contributed by atoms with Crippen LogP contribution in [0.3, 0.4) is 0 Å². The molecule has 0 spiro atoms. The minimum absolute atomic E-state index is 0.0191. The predicted molar refractivity (Wildman–Crippen MR) is 140 cm³/mol. The van der Waals surface area contributed by atoms with Crippen molar-refractivity contribution in [1.82, 2.24) is 0 Å². The molecule has 0 bridgehead atoms.